The normalized spacial score (nSPS) is 10.6. The molecule has 0 atom stereocenters. The van der Waals surface area contributed by atoms with E-state index in [1.54, 1.807) is 47.4 Å². The summed E-state index contributed by atoms with van der Waals surface area (Å²) < 4.78 is 7.39. The maximum Gasteiger partial charge on any atom is 0.255 e. The van der Waals surface area contributed by atoms with Crippen molar-refractivity contribution in [1.29, 1.82) is 5.26 Å². The van der Waals surface area contributed by atoms with E-state index in [0.717, 1.165) is 27.6 Å². The van der Waals surface area contributed by atoms with Crippen LogP contribution in [0.2, 0.25) is 0 Å². The number of pyridine rings is 3. The number of aromatic nitrogens is 3. The lowest BCUT2D eigenvalue weighted by Gasteiger charge is -2.13. The summed E-state index contributed by atoms with van der Waals surface area (Å²) in [5.41, 5.74) is 4.27. The summed E-state index contributed by atoms with van der Waals surface area (Å²) in [6, 6.07) is 26.1. The monoisotopic (exact) mass is 430 g/mol. The highest BCUT2D eigenvalue weighted by Gasteiger charge is 2.11. The molecule has 0 radical (unpaired) electrons. The molecule has 3 heterocycles. The fourth-order valence-electron chi connectivity index (χ4n) is 3.67. The highest BCUT2D eigenvalue weighted by Crippen LogP contribution is 2.27. The van der Waals surface area contributed by atoms with Gasteiger partial charge in [-0.1, -0.05) is 18.2 Å². The molecular formula is C27H18N4O2. The number of ether oxygens (including phenoxy) is 1. The molecule has 0 saturated carbocycles. The maximum atomic E-state index is 13.0. The Bertz CT molecular complexity index is 1550. The third-order valence-corrected chi connectivity index (χ3v) is 5.32. The summed E-state index contributed by atoms with van der Waals surface area (Å²) in [6.07, 6.45) is 5.09. The lowest BCUT2D eigenvalue weighted by atomic mass is 10.0. The van der Waals surface area contributed by atoms with Gasteiger partial charge in [-0.3, -0.25) is 14.3 Å². The van der Waals surface area contributed by atoms with Crippen molar-refractivity contribution in [2.75, 3.05) is 0 Å². The third-order valence-electron chi connectivity index (χ3n) is 5.32. The molecule has 158 valence electrons. The van der Waals surface area contributed by atoms with Crippen LogP contribution in [0, 0.1) is 11.3 Å². The average Bonchev–Trinajstić information content (AvgIpc) is 2.87. The highest BCUT2D eigenvalue weighted by molar-refractivity contribution is 5.78. The molecule has 0 unspecified atom stereocenters. The zero-order valence-electron chi connectivity index (χ0n) is 17.6. The van der Waals surface area contributed by atoms with E-state index >= 15 is 0 Å². The van der Waals surface area contributed by atoms with E-state index in [2.05, 4.69) is 16.0 Å². The summed E-state index contributed by atoms with van der Waals surface area (Å²) in [5.74, 6) is 0.505. The molecule has 0 amide bonds. The van der Waals surface area contributed by atoms with E-state index in [4.69, 9.17) is 4.74 Å². The Hall–Kier alpha value is -4.76. The van der Waals surface area contributed by atoms with Gasteiger partial charge in [0.05, 0.1) is 22.8 Å². The van der Waals surface area contributed by atoms with Crippen LogP contribution >= 0.6 is 0 Å². The molecule has 0 aliphatic rings. The fraction of sp³-hybridized carbons (Fsp3) is 0.0370. The standard InChI is InChI=1S/C27H18N4O2/c28-17-19-5-7-25(23(15-19)21-9-12-29-13-10-21)31-14-11-20(16-27(31)32)18-33-26-8-6-22-3-1-2-4-24(22)30-26/h1-16H,18H2. The van der Waals surface area contributed by atoms with Crippen molar-refractivity contribution >= 4 is 10.9 Å². The van der Waals surface area contributed by atoms with E-state index in [0.29, 0.717) is 17.1 Å². The van der Waals surface area contributed by atoms with Gasteiger partial charge < -0.3 is 4.74 Å². The van der Waals surface area contributed by atoms with Gasteiger partial charge in [-0.05, 0) is 59.7 Å². The van der Waals surface area contributed by atoms with Gasteiger partial charge in [0.2, 0.25) is 5.88 Å². The van der Waals surface area contributed by atoms with Gasteiger partial charge >= 0.3 is 0 Å². The van der Waals surface area contributed by atoms with E-state index in [1.165, 1.54) is 0 Å². The molecule has 0 N–H and O–H groups in total. The number of nitriles is 1. The molecule has 0 fully saturated rings. The van der Waals surface area contributed by atoms with Crippen molar-refractivity contribution in [2.45, 2.75) is 6.61 Å². The first-order valence-corrected chi connectivity index (χ1v) is 10.4. The van der Waals surface area contributed by atoms with E-state index in [-0.39, 0.29) is 12.2 Å². The van der Waals surface area contributed by atoms with Gasteiger partial charge in [-0.2, -0.15) is 5.26 Å². The minimum Gasteiger partial charge on any atom is -0.473 e. The van der Waals surface area contributed by atoms with Crippen LogP contribution in [0.1, 0.15) is 11.1 Å². The minimum atomic E-state index is -0.192. The number of hydrogen-bond acceptors (Lipinski definition) is 5. The van der Waals surface area contributed by atoms with E-state index < -0.39 is 0 Å². The van der Waals surface area contributed by atoms with Crippen LogP contribution in [0.15, 0.2) is 102 Å². The van der Waals surface area contributed by atoms with Gasteiger partial charge in [0.15, 0.2) is 0 Å². The number of hydrogen-bond donors (Lipinski definition) is 0. The van der Waals surface area contributed by atoms with Crippen molar-refractivity contribution in [3.8, 4) is 28.8 Å². The number of nitrogens with zero attached hydrogens (tertiary/aromatic N) is 4. The van der Waals surface area contributed by atoms with E-state index in [1.807, 2.05) is 54.6 Å². The number of rotatable bonds is 5. The predicted octanol–water partition coefficient (Wildman–Crippen LogP) is 4.90. The second kappa shape index (κ2) is 8.77. The number of benzene rings is 2. The lowest BCUT2D eigenvalue weighted by molar-refractivity contribution is 0.294. The molecule has 3 aromatic heterocycles. The first-order chi connectivity index (χ1) is 16.2. The third kappa shape index (κ3) is 4.21. The van der Waals surface area contributed by atoms with Gasteiger partial charge in [-0.25, -0.2) is 4.98 Å². The van der Waals surface area contributed by atoms with Gasteiger partial charge in [0, 0.05) is 41.7 Å². The summed E-state index contributed by atoms with van der Waals surface area (Å²) in [6.45, 7) is 0.228. The van der Waals surface area contributed by atoms with Gasteiger partial charge in [-0.15, -0.1) is 0 Å². The molecule has 5 aromatic rings. The molecule has 6 heteroatoms. The van der Waals surface area contributed by atoms with Crippen LogP contribution in [0.4, 0.5) is 0 Å². The first-order valence-electron chi connectivity index (χ1n) is 10.4. The van der Waals surface area contributed by atoms with Crippen molar-refractivity contribution in [3.63, 3.8) is 0 Å². The molecule has 0 spiro atoms. The fourth-order valence-corrected chi connectivity index (χ4v) is 3.67. The predicted molar refractivity (Wildman–Crippen MR) is 126 cm³/mol. The van der Waals surface area contributed by atoms with Crippen molar-refractivity contribution < 1.29 is 4.74 Å². The Morgan fingerprint density at radius 1 is 0.939 bits per heavy atom. The minimum absolute atomic E-state index is 0.192. The molecular weight excluding hydrogens is 412 g/mol. The summed E-state index contributed by atoms with van der Waals surface area (Å²) >= 11 is 0. The summed E-state index contributed by atoms with van der Waals surface area (Å²) in [4.78, 5) is 21.5. The first kappa shape index (κ1) is 20.2. The second-order valence-electron chi connectivity index (χ2n) is 7.45. The SMILES string of the molecule is N#Cc1ccc(-n2ccc(COc3ccc4ccccc4n3)cc2=O)c(-c2ccncc2)c1. The van der Waals surface area contributed by atoms with Crippen LogP contribution in [0.5, 0.6) is 5.88 Å². The Balaban J connectivity index is 1.43. The summed E-state index contributed by atoms with van der Waals surface area (Å²) in [7, 11) is 0. The molecule has 0 aliphatic heterocycles. The molecule has 0 bridgehead atoms. The van der Waals surface area contributed by atoms with Crippen LogP contribution < -0.4 is 10.3 Å². The number of fused-ring (bicyclic) bond motifs is 1. The van der Waals surface area contributed by atoms with Gasteiger partial charge in [0.25, 0.3) is 5.56 Å². The molecule has 6 nitrogen and oxygen atoms in total. The van der Waals surface area contributed by atoms with Crippen molar-refractivity contribution in [2.24, 2.45) is 0 Å². The topological polar surface area (TPSA) is 80.8 Å². The Labute approximate surface area is 190 Å². The zero-order chi connectivity index (χ0) is 22.6. The lowest BCUT2D eigenvalue weighted by Crippen LogP contribution is -2.18. The molecule has 2 aromatic carbocycles. The van der Waals surface area contributed by atoms with Crippen LogP contribution in [-0.2, 0) is 6.61 Å². The number of para-hydroxylation sites is 1. The summed E-state index contributed by atoms with van der Waals surface area (Å²) in [5, 5.41) is 10.4. The molecule has 5 rings (SSSR count). The largest absolute Gasteiger partial charge is 0.473 e. The Morgan fingerprint density at radius 3 is 2.61 bits per heavy atom. The molecule has 0 aliphatic carbocycles. The van der Waals surface area contributed by atoms with Gasteiger partial charge in [0.1, 0.15) is 6.61 Å². The quantitative estimate of drug-likeness (QED) is 0.396. The van der Waals surface area contributed by atoms with Crippen molar-refractivity contribution in [3.05, 3.63) is 119 Å². The Kier molecular flexibility index (Phi) is 5.36. The highest BCUT2D eigenvalue weighted by atomic mass is 16.5. The maximum absolute atomic E-state index is 13.0. The van der Waals surface area contributed by atoms with Crippen molar-refractivity contribution in [1.82, 2.24) is 14.5 Å². The second-order valence-corrected chi connectivity index (χ2v) is 7.45. The van der Waals surface area contributed by atoms with E-state index in [9.17, 15) is 10.1 Å². The molecule has 33 heavy (non-hydrogen) atoms. The van der Waals surface area contributed by atoms with Crippen LogP contribution in [0.3, 0.4) is 0 Å². The van der Waals surface area contributed by atoms with Crippen LogP contribution in [0.25, 0.3) is 27.7 Å². The Morgan fingerprint density at radius 2 is 1.79 bits per heavy atom. The average molecular weight is 430 g/mol. The smallest absolute Gasteiger partial charge is 0.255 e. The zero-order valence-corrected chi connectivity index (χ0v) is 17.6. The van der Waals surface area contributed by atoms with Crippen LogP contribution in [-0.4, -0.2) is 14.5 Å². The molecule has 0 saturated heterocycles.